The largest absolute Gasteiger partial charge is 0.326 e. The van der Waals surface area contributed by atoms with Gasteiger partial charge in [-0.25, -0.2) is 8.42 Å². The molecule has 1 aliphatic heterocycles. The smallest absolute Gasteiger partial charge is 0.225 e. The number of nitrogens with zero attached hydrogens (tertiary/aromatic N) is 1. The standard InChI is InChI=1S/C21H32N2O3S/c1-17-5-4-13-23(15-17)16-18-8-10-19(11-9-18)22-21(24)12-14-27(25,26)20-6-2-3-7-20/h8-11,17,20H,2-7,12-16H2,1H3,(H,22,24). The quantitative estimate of drug-likeness (QED) is 0.770. The topological polar surface area (TPSA) is 66.5 Å². The Balaban J connectivity index is 1.45. The van der Waals surface area contributed by atoms with Gasteiger partial charge < -0.3 is 5.32 Å². The van der Waals surface area contributed by atoms with Crippen LogP contribution in [0.1, 0.15) is 57.4 Å². The van der Waals surface area contributed by atoms with Crippen molar-refractivity contribution in [3.05, 3.63) is 29.8 Å². The molecule has 1 saturated carbocycles. The highest BCUT2D eigenvalue weighted by atomic mass is 32.2. The summed E-state index contributed by atoms with van der Waals surface area (Å²) in [4.78, 5) is 14.6. The summed E-state index contributed by atoms with van der Waals surface area (Å²) in [6, 6.07) is 7.91. The first-order valence-electron chi connectivity index (χ1n) is 10.2. The lowest BCUT2D eigenvalue weighted by molar-refractivity contribution is -0.115. The molecule has 0 aromatic heterocycles. The van der Waals surface area contributed by atoms with Crippen molar-refractivity contribution in [2.45, 2.75) is 63.7 Å². The Morgan fingerprint density at radius 2 is 1.81 bits per heavy atom. The zero-order valence-electron chi connectivity index (χ0n) is 16.3. The fraction of sp³-hybridized carbons (Fsp3) is 0.667. The highest BCUT2D eigenvalue weighted by Crippen LogP contribution is 2.25. The van der Waals surface area contributed by atoms with E-state index in [0.29, 0.717) is 0 Å². The van der Waals surface area contributed by atoms with E-state index in [1.807, 2.05) is 24.3 Å². The number of hydrogen-bond donors (Lipinski definition) is 1. The van der Waals surface area contributed by atoms with Gasteiger partial charge in [-0.1, -0.05) is 31.9 Å². The van der Waals surface area contributed by atoms with Crippen molar-refractivity contribution in [2.75, 3.05) is 24.2 Å². The normalized spacial score (nSPS) is 22.0. The van der Waals surface area contributed by atoms with Gasteiger partial charge >= 0.3 is 0 Å². The van der Waals surface area contributed by atoms with E-state index in [9.17, 15) is 13.2 Å². The minimum atomic E-state index is -3.14. The van der Waals surface area contributed by atoms with Crippen LogP contribution in [0.2, 0.25) is 0 Å². The van der Waals surface area contributed by atoms with Crippen LogP contribution in [0.4, 0.5) is 5.69 Å². The Morgan fingerprint density at radius 3 is 2.48 bits per heavy atom. The van der Waals surface area contributed by atoms with Crippen molar-refractivity contribution >= 4 is 21.4 Å². The first-order valence-corrected chi connectivity index (χ1v) is 12.0. The van der Waals surface area contributed by atoms with E-state index in [4.69, 9.17) is 0 Å². The van der Waals surface area contributed by atoms with Crippen LogP contribution >= 0.6 is 0 Å². The number of benzene rings is 1. The molecule has 3 rings (SSSR count). The minimum absolute atomic E-state index is 0.0340. The molecule has 0 radical (unpaired) electrons. The van der Waals surface area contributed by atoms with Crippen molar-refractivity contribution < 1.29 is 13.2 Å². The molecular formula is C21H32N2O3S. The van der Waals surface area contributed by atoms with Crippen LogP contribution in [-0.4, -0.2) is 43.3 Å². The van der Waals surface area contributed by atoms with E-state index < -0.39 is 9.84 Å². The summed E-state index contributed by atoms with van der Waals surface area (Å²) in [7, 11) is -3.14. The monoisotopic (exact) mass is 392 g/mol. The van der Waals surface area contributed by atoms with Gasteiger partial charge in [0.1, 0.15) is 0 Å². The number of rotatable bonds is 7. The summed E-state index contributed by atoms with van der Waals surface area (Å²) in [6.45, 7) is 5.54. The van der Waals surface area contributed by atoms with E-state index in [0.717, 1.165) is 56.9 Å². The molecule has 150 valence electrons. The van der Waals surface area contributed by atoms with Gasteiger partial charge in [0.05, 0.1) is 11.0 Å². The highest BCUT2D eigenvalue weighted by Gasteiger charge is 2.28. The van der Waals surface area contributed by atoms with Gasteiger partial charge in [-0.3, -0.25) is 9.69 Å². The Morgan fingerprint density at radius 1 is 1.11 bits per heavy atom. The number of carbonyl (C=O) groups excluding carboxylic acids is 1. The number of sulfone groups is 1. The average Bonchev–Trinajstić information content (AvgIpc) is 3.18. The van der Waals surface area contributed by atoms with Gasteiger partial charge in [0.2, 0.25) is 5.91 Å². The van der Waals surface area contributed by atoms with Gasteiger partial charge in [0.15, 0.2) is 9.84 Å². The van der Waals surface area contributed by atoms with Crippen molar-refractivity contribution in [3.8, 4) is 0 Å². The first kappa shape index (κ1) is 20.3. The molecule has 1 amide bonds. The van der Waals surface area contributed by atoms with Crippen LogP contribution in [0, 0.1) is 5.92 Å². The fourth-order valence-corrected chi connectivity index (χ4v) is 6.11. The molecule has 1 unspecified atom stereocenters. The van der Waals surface area contributed by atoms with Gasteiger partial charge in [-0.15, -0.1) is 0 Å². The third kappa shape index (κ3) is 6.04. The van der Waals surface area contributed by atoms with E-state index in [-0.39, 0.29) is 23.3 Å². The SMILES string of the molecule is CC1CCCN(Cc2ccc(NC(=O)CCS(=O)(=O)C3CCCC3)cc2)C1. The number of nitrogens with one attached hydrogen (secondary N) is 1. The molecular weight excluding hydrogens is 360 g/mol. The summed E-state index contributed by atoms with van der Waals surface area (Å²) in [6.07, 6.45) is 6.09. The zero-order chi connectivity index (χ0) is 19.3. The Hall–Kier alpha value is -1.40. The molecule has 1 heterocycles. The van der Waals surface area contributed by atoms with Crippen LogP contribution in [0.15, 0.2) is 24.3 Å². The fourth-order valence-electron chi connectivity index (χ4n) is 4.25. The lowest BCUT2D eigenvalue weighted by atomic mass is 10.00. The lowest BCUT2D eigenvalue weighted by Gasteiger charge is -2.30. The summed E-state index contributed by atoms with van der Waals surface area (Å²) in [5, 5.41) is 2.59. The van der Waals surface area contributed by atoms with Gasteiger partial charge in [0.25, 0.3) is 0 Å². The number of likely N-dealkylation sites (tertiary alicyclic amines) is 1. The van der Waals surface area contributed by atoms with E-state index in [1.54, 1.807) is 0 Å². The number of carbonyl (C=O) groups is 1. The van der Waals surface area contributed by atoms with Gasteiger partial charge in [-0.05, 0) is 55.8 Å². The van der Waals surface area contributed by atoms with Crippen molar-refractivity contribution in [3.63, 3.8) is 0 Å². The molecule has 2 fully saturated rings. The van der Waals surface area contributed by atoms with Crippen LogP contribution in [0.5, 0.6) is 0 Å². The van der Waals surface area contributed by atoms with Crippen LogP contribution in [0.25, 0.3) is 0 Å². The number of hydrogen-bond acceptors (Lipinski definition) is 4. The molecule has 1 aliphatic carbocycles. The average molecular weight is 393 g/mol. The highest BCUT2D eigenvalue weighted by molar-refractivity contribution is 7.92. The molecule has 27 heavy (non-hydrogen) atoms. The summed E-state index contributed by atoms with van der Waals surface area (Å²) < 4.78 is 24.5. The maximum atomic E-state index is 12.3. The maximum Gasteiger partial charge on any atom is 0.225 e. The first-order chi connectivity index (χ1) is 12.9. The van der Waals surface area contributed by atoms with Crippen molar-refractivity contribution in [2.24, 2.45) is 5.92 Å². The Bertz CT molecular complexity index is 724. The van der Waals surface area contributed by atoms with Crippen LogP contribution in [-0.2, 0) is 21.2 Å². The Labute approximate surface area is 163 Å². The molecule has 0 spiro atoms. The number of anilines is 1. The lowest BCUT2D eigenvalue weighted by Crippen LogP contribution is -2.33. The van der Waals surface area contributed by atoms with Crippen molar-refractivity contribution in [1.82, 2.24) is 4.90 Å². The molecule has 0 bridgehead atoms. The van der Waals surface area contributed by atoms with Crippen molar-refractivity contribution in [1.29, 1.82) is 0 Å². The molecule has 1 aromatic carbocycles. The number of amides is 1. The van der Waals surface area contributed by atoms with Crippen LogP contribution in [0.3, 0.4) is 0 Å². The molecule has 5 nitrogen and oxygen atoms in total. The molecule has 6 heteroatoms. The third-order valence-corrected chi connectivity index (χ3v) is 8.07. The second kappa shape index (κ2) is 9.20. The molecule has 1 N–H and O–H groups in total. The van der Waals surface area contributed by atoms with Gasteiger partial charge in [0, 0.05) is 25.2 Å². The minimum Gasteiger partial charge on any atom is -0.326 e. The summed E-state index contributed by atoms with van der Waals surface area (Å²) in [5.41, 5.74) is 1.97. The van der Waals surface area contributed by atoms with Gasteiger partial charge in [-0.2, -0.15) is 0 Å². The predicted octanol–water partition coefficient (Wildman–Crippen LogP) is 3.60. The Kier molecular flexibility index (Phi) is 6.93. The molecule has 1 saturated heterocycles. The van der Waals surface area contributed by atoms with E-state index in [1.165, 1.54) is 18.4 Å². The third-order valence-electron chi connectivity index (χ3n) is 5.81. The number of piperidine rings is 1. The molecule has 1 atom stereocenters. The summed E-state index contributed by atoms with van der Waals surface area (Å²) in [5.74, 6) is 0.487. The van der Waals surface area contributed by atoms with E-state index in [2.05, 4.69) is 17.1 Å². The van der Waals surface area contributed by atoms with E-state index >= 15 is 0 Å². The molecule has 1 aromatic rings. The van der Waals surface area contributed by atoms with Crippen LogP contribution < -0.4 is 5.32 Å². The molecule has 2 aliphatic rings. The second-order valence-electron chi connectivity index (χ2n) is 8.25. The maximum absolute atomic E-state index is 12.3. The summed E-state index contributed by atoms with van der Waals surface area (Å²) >= 11 is 0. The second-order valence-corrected chi connectivity index (χ2v) is 10.7. The zero-order valence-corrected chi connectivity index (χ0v) is 17.1. The predicted molar refractivity (Wildman–Crippen MR) is 109 cm³/mol.